The second-order valence-corrected chi connectivity index (χ2v) is 6.18. The van der Waals surface area contributed by atoms with E-state index in [1.165, 1.54) is 0 Å². The van der Waals surface area contributed by atoms with Gasteiger partial charge in [-0.3, -0.25) is 9.69 Å². The van der Waals surface area contributed by atoms with Crippen LogP contribution in [0.3, 0.4) is 0 Å². The van der Waals surface area contributed by atoms with Gasteiger partial charge in [0.05, 0.1) is 27.4 Å². The third-order valence-electron chi connectivity index (χ3n) is 4.22. The lowest BCUT2D eigenvalue weighted by atomic mass is 10.2. The van der Waals surface area contributed by atoms with Crippen LogP contribution >= 0.6 is 0 Å². The average Bonchev–Trinajstić information content (AvgIpc) is 3.05. The van der Waals surface area contributed by atoms with Crippen LogP contribution in [0.15, 0.2) is 18.2 Å². The molecular weight excluding hydrogens is 322 g/mol. The van der Waals surface area contributed by atoms with Crippen molar-refractivity contribution in [2.75, 3.05) is 54.1 Å². The van der Waals surface area contributed by atoms with Crippen molar-refractivity contribution in [2.24, 2.45) is 0 Å². The van der Waals surface area contributed by atoms with E-state index in [9.17, 15) is 4.79 Å². The molecule has 1 aromatic carbocycles. The smallest absolute Gasteiger partial charge is 0.234 e. The molecule has 0 aliphatic carbocycles. The van der Waals surface area contributed by atoms with E-state index in [1.807, 2.05) is 18.2 Å². The summed E-state index contributed by atoms with van der Waals surface area (Å²) in [7, 11) is 4.95. The van der Waals surface area contributed by atoms with Gasteiger partial charge in [0.2, 0.25) is 5.91 Å². The molecule has 0 spiro atoms. The first-order chi connectivity index (χ1) is 12.1. The van der Waals surface area contributed by atoms with Crippen LogP contribution in [0.1, 0.15) is 12.0 Å². The average molecular weight is 351 g/mol. The summed E-state index contributed by atoms with van der Waals surface area (Å²) in [6.45, 7) is 4.23. The molecule has 7 heteroatoms. The van der Waals surface area contributed by atoms with Crippen molar-refractivity contribution in [3.8, 4) is 11.5 Å². The van der Waals surface area contributed by atoms with Gasteiger partial charge in [-0.25, -0.2) is 0 Å². The zero-order valence-corrected chi connectivity index (χ0v) is 15.3. The maximum absolute atomic E-state index is 11.9. The Morgan fingerprint density at radius 2 is 1.92 bits per heavy atom. The van der Waals surface area contributed by atoms with E-state index in [0.717, 1.165) is 43.1 Å². The Morgan fingerprint density at radius 1 is 1.20 bits per heavy atom. The summed E-state index contributed by atoms with van der Waals surface area (Å²) in [6.07, 6.45) is 0.963. The van der Waals surface area contributed by atoms with E-state index in [-0.39, 0.29) is 11.9 Å². The predicted octanol–water partition coefficient (Wildman–Crippen LogP) is 0.630. The summed E-state index contributed by atoms with van der Waals surface area (Å²) in [6, 6.07) is 6.11. The molecule has 1 heterocycles. The molecule has 1 atom stereocenters. The molecule has 25 heavy (non-hydrogen) atoms. The van der Waals surface area contributed by atoms with Crippen LogP contribution in [0.25, 0.3) is 0 Å². The Hall–Kier alpha value is -1.83. The quantitative estimate of drug-likeness (QED) is 0.603. The molecule has 2 N–H and O–H groups in total. The molecule has 1 fully saturated rings. The number of benzene rings is 1. The molecule has 1 saturated heterocycles. The van der Waals surface area contributed by atoms with Crippen LogP contribution in [0.4, 0.5) is 0 Å². The summed E-state index contributed by atoms with van der Waals surface area (Å²) >= 11 is 0. The van der Waals surface area contributed by atoms with Crippen molar-refractivity contribution >= 4 is 5.91 Å². The first kappa shape index (κ1) is 19.5. The van der Waals surface area contributed by atoms with E-state index in [0.29, 0.717) is 19.7 Å². The van der Waals surface area contributed by atoms with E-state index in [2.05, 4.69) is 15.5 Å². The maximum atomic E-state index is 11.9. The van der Waals surface area contributed by atoms with E-state index < -0.39 is 0 Å². The van der Waals surface area contributed by atoms with Crippen molar-refractivity contribution in [2.45, 2.75) is 19.0 Å². The third-order valence-corrected chi connectivity index (χ3v) is 4.22. The van der Waals surface area contributed by atoms with Gasteiger partial charge in [0.1, 0.15) is 11.5 Å². The minimum Gasteiger partial charge on any atom is -0.497 e. The maximum Gasteiger partial charge on any atom is 0.234 e. The summed E-state index contributed by atoms with van der Waals surface area (Å²) in [5, 5.41) is 6.14. The number of amides is 1. The number of nitrogens with one attached hydrogen (secondary N) is 2. The molecule has 1 amide bonds. The standard InChI is InChI=1S/C18H29N3O4/c1-23-7-5-19-11-18(22)20-15-4-6-21(13-15)12-14-8-16(24-2)10-17(9-14)25-3/h8-10,15,19H,4-7,11-13H2,1-3H3,(H,20,22). The SMILES string of the molecule is COCCNCC(=O)NC1CCN(Cc2cc(OC)cc(OC)c2)C1. The molecule has 0 bridgehead atoms. The summed E-state index contributed by atoms with van der Waals surface area (Å²) < 4.78 is 15.6. The number of likely N-dealkylation sites (tertiary alicyclic amines) is 1. The minimum absolute atomic E-state index is 0.0333. The Kier molecular flexibility index (Phi) is 7.97. The molecule has 0 saturated carbocycles. The minimum atomic E-state index is 0.0333. The summed E-state index contributed by atoms with van der Waals surface area (Å²) in [4.78, 5) is 14.3. The van der Waals surface area contributed by atoms with Gasteiger partial charge in [-0.2, -0.15) is 0 Å². The van der Waals surface area contributed by atoms with E-state index in [4.69, 9.17) is 14.2 Å². The molecule has 1 aliphatic rings. The second kappa shape index (κ2) is 10.2. The van der Waals surface area contributed by atoms with Crippen LogP contribution in [0, 0.1) is 0 Å². The van der Waals surface area contributed by atoms with Crippen molar-refractivity contribution in [3.05, 3.63) is 23.8 Å². The number of carbonyl (C=O) groups excluding carboxylic acids is 1. The lowest BCUT2D eigenvalue weighted by molar-refractivity contribution is -0.120. The van der Waals surface area contributed by atoms with Crippen LogP contribution in [-0.2, 0) is 16.1 Å². The molecule has 7 nitrogen and oxygen atoms in total. The van der Waals surface area contributed by atoms with E-state index >= 15 is 0 Å². The Morgan fingerprint density at radius 3 is 2.56 bits per heavy atom. The van der Waals surface area contributed by atoms with Gasteiger partial charge in [-0.05, 0) is 24.1 Å². The first-order valence-corrected chi connectivity index (χ1v) is 8.58. The second-order valence-electron chi connectivity index (χ2n) is 6.18. The fourth-order valence-electron chi connectivity index (χ4n) is 2.96. The van der Waals surface area contributed by atoms with Crippen molar-refractivity contribution < 1.29 is 19.0 Å². The number of rotatable bonds is 10. The highest BCUT2D eigenvalue weighted by Crippen LogP contribution is 2.24. The van der Waals surface area contributed by atoms with Gasteiger partial charge < -0.3 is 24.8 Å². The van der Waals surface area contributed by atoms with Gasteiger partial charge >= 0.3 is 0 Å². The topological polar surface area (TPSA) is 72.1 Å². The summed E-state index contributed by atoms with van der Waals surface area (Å²) in [5.74, 6) is 1.62. The van der Waals surface area contributed by atoms with Crippen molar-refractivity contribution in [1.82, 2.24) is 15.5 Å². The first-order valence-electron chi connectivity index (χ1n) is 8.58. The van der Waals surface area contributed by atoms with Gasteiger partial charge in [0, 0.05) is 45.4 Å². The van der Waals surface area contributed by atoms with E-state index in [1.54, 1.807) is 21.3 Å². The summed E-state index contributed by atoms with van der Waals surface area (Å²) in [5.41, 5.74) is 1.14. The van der Waals surface area contributed by atoms with Gasteiger partial charge in [0.25, 0.3) is 0 Å². The molecule has 0 aromatic heterocycles. The number of hydrogen-bond acceptors (Lipinski definition) is 6. The predicted molar refractivity (Wildman–Crippen MR) is 96.1 cm³/mol. The Labute approximate surface area is 149 Å². The highest BCUT2D eigenvalue weighted by atomic mass is 16.5. The number of methoxy groups -OCH3 is 3. The fourth-order valence-corrected chi connectivity index (χ4v) is 2.96. The molecular formula is C18H29N3O4. The molecule has 140 valence electrons. The lowest BCUT2D eigenvalue weighted by Gasteiger charge is -2.18. The van der Waals surface area contributed by atoms with Crippen LogP contribution in [0.2, 0.25) is 0 Å². The van der Waals surface area contributed by atoms with Gasteiger partial charge in [-0.1, -0.05) is 0 Å². The Bertz CT molecular complexity index is 531. The zero-order valence-electron chi connectivity index (χ0n) is 15.3. The number of nitrogens with zero attached hydrogens (tertiary/aromatic N) is 1. The van der Waals surface area contributed by atoms with Gasteiger partial charge in [-0.15, -0.1) is 0 Å². The lowest BCUT2D eigenvalue weighted by Crippen LogP contribution is -2.42. The highest BCUT2D eigenvalue weighted by molar-refractivity contribution is 5.78. The van der Waals surface area contributed by atoms with Crippen LogP contribution in [-0.4, -0.2) is 71.0 Å². The normalized spacial score (nSPS) is 17.5. The van der Waals surface area contributed by atoms with Crippen LogP contribution < -0.4 is 20.1 Å². The largest absolute Gasteiger partial charge is 0.497 e. The van der Waals surface area contributed by atoms with Gasteiger partial charge in [0.15, 0.2) is 0 Å². The van der Waals surface area contributed by atoms with Crippen molar-refractivity contribution in [3.63, 3.8) is 0 Å². The monoisotopic (exact) mass is 351 g/mol. The van der Waals surface area contributed by atoms with Crippen LogP contribution in [0.5, 0.6) is 11.5 Å². The Balaban J connectivity index is 1.78. The number of ether oxygens (including phenoxy) is 3. The molecule has 2 rings (SSSR count). The van der Waals surface area contributed by atoms with Crippen molar-refractivity contribution in [1.29, 1.82) is 0 Å². The molecule has 0 radical (unpaired) electrons. The fraction of sp³-hybridized carbons (Fsp3) is 0.611. The third kappa shape index (κ3) is 6.53. The number of hydrogen-bond donors (Lipinski definition) is 2. The highest BCUT2D eigenvalue weighted by Gasteiger charge is 2.23. The molecule has 1 unspecified atom stereocenters. The zero-order chi connectivity index (χ0) is 18.1. The molecule has 1 aromatic rings. The number of carbonyl (C=O) groups is 1. The molecule has 1 aliphatic heterocycles.